The zero-order valence-corrected chi connectivity index (χ0v) is 19.2. The monoisotopic (exact) mass is 514 g/mol. The third-order valence-corrected chi connectivity index (χ3v) is 4.79. The van der Waals surface area contributed by atoms with Gasteiger partial charge in [-0.3, -0.25) is 0 Å². The van der Waals surface area contributed by atoms with Gasteiger partial charge in [0, 0.05) is 12.5 Å². The lowest BCUT2D eigenvalue weighted by Gasteiger charge is -2.09. The standard InChI is InChI=1S/C27H21F3O7/c28-27(29,30)16-1-17-35-21-11-7-20(8-12-21)26(34)37-23-9-2-18(3-10-23)4-15-24(31)36-22-13-5-19(6-14-22)25(32)33/h2-15H,1,16-17H2,(H,32,33)/b15-4+. The second kappa shape index (κ2) is 12.4. The van der Waals surface area contributed by atoms with Crippen molar-refractivity contribution in [1.82, 2.24) is 0 Å². The normalized spacial score (nSPS) is 11.2. The molecule has 3 rings (SSSR count). The van der Waals surface area contributed by atoms with Crippen LogP contribution in [0.1, 0.15) is 39.1 Å². The zero-order chi connectivity index (χ0) is 26.8. The molecule has 37 heavy (non-hydrogen) atoms. The number of esters is 2. The number of hydrogen-bond donors (Lipinski definition) is 1. The number of hydrogen-bond acceptors (Lipinski definition) is 6. The predicted octanol–water partition coefficient (Wildman–Crippen LogP) is 5.94. The van der Waals surface area contributed by atoms with Gasteiger partial charge in [-0.25, -0.2) is 14.4 Å². The van der Waals surface area contributed by atoms with Crippen LogP contribution in [0.4, 0.5) is 13.2 Å². The van der Waals surface area contributed by atoms with E-state index in [4.69, 9.17) is 19.3 Å². The molecule has 0 radical (unpaired) electrons. The lowest BCUT2D eigenvalue weighted by atomic mass is 10.2. The molecule has 0 aliphatic heterocycles. The number of carbonyl (C=O) groups is 3. The smallest absolute Gasteiger partial charge is 0.389 e. The van der Waals surface area contributed by atoms with Gasteiger partial charge in [0.15, 0.2) is 0 Å². The molecule has 0 atom stereocenters. The van der Waals surface area contributed by atoms with Crippen molar-refractivity contribution in [2.45, 2.75) is 19.0 Å². The van der Waals surface area contributed by atoms with E-state index in [-0.39, 0.29) is 35.7 Å². The van der Waals surface area contributed by atoms with Crippen LogP contribution in [0.2, 0.25) is 0 Å². The summed E-state index contributed by atoms with van der Waals surface area (Å²) in [6, 6.07) is 17.5. The van der Waals surface area contributed by atoms with E-state index < -0.39 is 30.5 Å². The van der Waals surface area contributed by atoms with E-state index in [1.54, 1.807) is 12.1 Å². The van der Waals surface area contributed by atoms with Crippen molar-refractivity contribution >= 4 is 24.0 Å². The van der Waals surface area contributed by atoms with E-state index in [0.717, 1.165) is 0 Å². The minimum absolute atomic E-state index is 0.0699. The summed E-state index contributed by atoms with van der Waals surface area (Å²) in [6.07, 6.45) is -2.63. The molecular formula is C27H21F3O7. The van der Waals surface area contributed by atoms with Crippen molar-refractivity contribution < 1.29 is 46.9 Å². The largest absolute Gasteiger partial charge is 0.494 e. The molecule has 7 nitrogen and oxygen atoms in total. The maximum Gasteiger partial charge on any atom is 0.389 e. The van der Waals surface area contributed by atoms with Crippen LogP contribution in [-0.4, -0.2) is 35.8 Å². The summed E-state index contributed by atoms with van der Waals surface area (Å²) >= 11 is 0. The van der Waals surface area contributed by atoms with Crippen LogP contribution in [0.3, 0.4) is 0 Å². The third-order valence-electron chi connectivity index (χ3n) is 4.79. The molecule has 0 fully saturated rings. The first-order valence-corrected chi connectivity index (χ1v) is 10.9. The summed E-state index contributed by atoms with van der Waals surface area (Å²) in [5.41, 5.74) is 0.927. The van der Waals surface area contributed by atoms with Crippen molar-refractivity contribution in [3.8, 4) is 17.2 Å². The van der Waals surface area contributed by atoms with Gasteiger partial charge < -0.3 is 19.3 Å². The van der Waals surface area contributed by atoms with Crippen molar-refractivity contribution in [2.75, 3.05) is 6.61 Å². The topological polar surface area (TPSA) is 99.1 Å². The van der Waals surface area contributed by atoms with E-state index in [9.17, 15) is 27.6 Å². The first-order valence-electron chi connectivity index (χ1n) is 10.9. The molecule has 0 unspecified atom stereocenters. The number of alkyl halides is 3. The number of halogens is 3. The van der Waals surface area contributed by atoms with Crippen LogP contribution in [0.25, 0.3) is 6.08 Å². The van der Waals surface area contributed by atoms with Gasteiger partial charge in [0.1, 0.15) is 17.2 Å². The Labute approximate surface area is 209 Å². The molecule has 0 aliphatic carbocycles. The van der Waals surface area contributed by atoms with Crippen LogP contribution in [0.5, 0.6) is 17.2 Å². The molecule has 0 heterocycles. The number of benzene rings is 3. The zero-order valence-electron chi connectivity index (χ0n) is 19.2. The van der Waals surface area contributed by atoms with Crippen LogP contribution in [0.15, 0.2) is 78.9 Å². The van der Waals surface area contributed by atoms with E-state index in [0.29, 0.717) is 11.3 Å². The Morgan fingerprint density at radius 2 is 1.30 bits per heavy atom. The minimum atomic E-state index is -4.23. The van der Waals surface area contributed by atoms with Crippen molar-refractivity contribution in [3.63, 3.8) is 0 Å². The van der Waals surface area contributed by atoms with Gasteiger partial charge in [0.05, 0.1) is 17.7 Å². The van der Waals surface area contributed by atoms with Gasteiger partial charge in [-0.15, -0.1) is 0 Å². The van der Waals surface area contributed by atoms with Gasteiger partial charge in [-0.05, 0) is 78.7 Å². The first kappa shape index (κ1) is 27.0. The minimum Gasteiger partial charge on any atom is -0.494 e. The van der Waals surface area contributed by atoms with Crippen LogP contribution < -0.4 is 14.2 Å². The second-order valence-corrected chi connectivity index (χ2v) is 7.63. The summed E-state index contributed by atoms with van der Waals surface area (Å²) in [4.78, 5) is 35.1. The maximum absolute atomic E-state index is 12.3. The average Bonchev–Trinajstić information content (AvgIpc) is 2.86. The Kier molecular flexibility index (Phi) is 9.04. The number of carboxylic acids is 1. The molecule has 1 N–H and O–H groups in total. The predicted molar refractivity (Wildman–Crippen MR) is 127 cm³/mol. The van der Waals surface area contributed by atoms with E-state index in [2.05, 4.69) is 0 Å². The summed E-state index contributed by atoms with van der Waals surface area (Å²) in [7, 11) is 0. The fraction of sp³-hybridized carbons (Fsp3) is 0.148. The fourth-order valence-electron chi connectivity index (χ4n) is 2.94. The summed E-state index contributed by atoms with van der Waals surface area (Å²) in [6.45, 7) is -0.0955. The highest BCUT2D eigenvalue weighted by atomic mass is 19.4. The third kappa shape index (κ3) is 9.17. The highest BCUT2D eigenvalue weighted by molar-refractivity contribution is 5.91. The Morgan fingerprint density at radius 3 is 1.89 bits per heavy atom. The molecule has 3 aromatic rings. The number of aromatic carboxylic acids is 1. The Hall–Kier alpha value is -4.60. The summed E-state index contributed by atoms with van der Waals surface area (Å²) in [5.74, 6) is -1.59. The molecule has 0 bridgehead atoms. The highest BCUT2D eigenvalue weighted by Gasteiger charge is 2.26. The molecule has 192 valence electrons. The fourth-order valence-corrected chi connectivity index (χ4v) is 2.94. The molecule has 0 spiro atoms. The number of carbonyl (C=O) groups excluding carboxylic acids is 2. The SMILES string of the molecule is O=C(/C=C/c1ccc(OC(=O)c2ccc(OCCCC(F)(F)F)cc2)cc1)Oc1ccc(C(=O)O)cc1. The average molecular weight is 514 g/mol. The molecule has 10 heteroatoms. The van der Waals surface area contributed by atoms with Crippen molar-refractivity contribution in [2.24, 2.45) is 0 Å². The molecule has 0 amide bonds. The summed E-state index contributed by atoms with van der Waals surface area (Å²) in [5, 5.41) is 8.88. The molecule has 3 aromatic carbocycles. The van der Waals surface area contributed by atoms with Crippen LogP contribution >= 0.6 is 0 Å². The number of ether oxygens (including phenoxy) is 3. The summed E-state index contributed by atoms with van der Waals surface area (Å²) < 4.78 is 52.1. The molecule has 0 saturated heterocycles. The van der Waals surface area contributed by atoms with Crippen molar-refractivity contribution in [3.05, 3.63) is 95.6 Å². The van der Waals surface area contributed by atoms with Gasteiger partial charge >= 0.3 is 24.1 Å². The molecule has 0 aliphatic rings. The van der Waals surface area contributed by atoms with E-state index >= 15 is 0 Å². The van der Waals surface area contributed by atoms with Gasteiger partial charge in [0.2, 0.25) is 0 Å². The highest BCUT2D eigenvalue weighted by Crippen LogP contribution is 2.22. The quantitative estimate of drug-likeness (QED) is 0.155. The van der Waals surface area contributed by atoms with Crippen LogP contribution in [0, 0.1) is 0 Å². The van der Waals surface area contributed by atoms with Crippen LogP contribution in [-0.2, 0) is 4.79 Å². The number of carboxylic acid groups (broad SMARTS) is 1. The Bertz CT molecular complexity index is 1250. The molecule has 0 aromatic heterocycles. The van der Waals surface area contributed by atoms with Crippen molar-refractivity contribution in [1.29, 1.82) is 0 Å². The van der Waals surface area contributed by atoms with E-state index in [1.807, 2.05) is 0 Å². The molecular weight excluding hydrogens is 493 g/mol. The Balaban J connectivity index is 1.47. The van der Waals surface area contributed by atoms with Gasteiger partial charge in [-0.1, -0.05) is 12.1 Å². The lowest BCUT2D eigenvalue weighted by Crippen LogP contribution is -2.10. The number of rotatable bonds is 10. The maximum atomic E-state index is 12.3. The first-order chi connectivity index (χ1) is 17.6. The Morgan fingerprint density at radius 1 is 0.757 bits per heavy atom. The van der Waals surface area contributed by atoms with E-state index in [1.165, 1.54) is 72.8 Å². The second-order valence-electron chi connectivity index (χ2n) is 7.63. The van der Waals surface area contributed by atoms with Gasteiger partial charge in [0.25, 0.3) is 0 Å². The lowest BCUT2D eigenvalue weighted by molar-refractivity contribution is -0.136. The molecule has 0 saturated carbocycles. The van der Waals surface area contributed by atoms with Gasteiger partial charge in [-0.2, -0.15) is 13.2 Å².